The number of rotatable bonds is 6. The minimum Gasteiger partial charge on any atom is -0.307 e. The first-order valence-electron chi connectivity index (χ1n) is 6.12. The van der Waals surface area contributed by atoms with Gasteiger partial charge in [-0.3, -0.25) is 0 Å². The summed E-state index contributed by atoms with van der Waals surface area (Å²) in [5, 5.41) is 3.43. The van der Waals surface area contributed by atoms with Crippen molar-refractivity contribution < 1.29 is 8.78 Å². The Morgan fingerprint density at radius 2 is 1.88 bits per heavy atom. The zero-order valence-electron chi connectivity index (χ0n) is 10.8. The number of benzene rings is 1. The van der Waals surface area contributed by atoms with Crippen molar-refractivity contribution in [3.8, 4) is 0 Å². The van der Waals surface area contributed by atoms with E-state index >= 15 is 0 Å². The van der Waals surface area contributed by atoms with Gasteiger partial charge < -0.3 is 5.32 Å². The number of halogens is 2. The van der Waals surface area contributed by atoms with Gasteiger partial charge in [-0.05, 0) is 31.4 Å². The molecule has 0 heterocycles. The third-order valence-electron chi connectivity index (χ3n) is 3.48. The Morgan fingerprint density at radius 1 is 1.24 bits per heavy atom. The normalized spacial score (nSPS) is 12.1. The van der Waals surface area contributed by atoms with Crippen LogP contribution in [-0.2, 0) is 6.54 Å². The minimum atomic E-state index is -2.39. The molecule has 1 nitrogen and oxygen atoms in total. The highest BCUT2D eigenvalue weighted by Gasteiger charge is 2.18. The second-order valence-corrected chi connectivity index (χ2v) is 4.67. The van der Waals surface area contributed by atoms with Crippen LogP contribution in [0.2, 0.25) is 0 Å². The van der Waals surface area contributed by atoms with Crippen LogP contribution in [0.3, 0.4) is 0 Å². The highest BCUT2D eigenvalue weighted by Crippen LogP contribution is 2.20. The van der Waals surface area contributed by atoms with E-state index in [2.05, 4.69) is 26.1 Å². The van der Waals surface area contributed by atoms with E-state index in [1.165, 1.54) is 6.07 Å². The summed E-state index contributed by atoms with van der Waals surface area (Å²) in [5.74, 6) is 0. The maximum Gasteiger partial charge on any atom is 0.263 e. The molecule has 0 aliphatic heterocycles. The molecule has 0 aromatic heterocycles. The van der Waals surface area contributed by atoms with Gasteiger partial charge in [-0.1, -0.05) is 32.0 Å². The van der Waals surface area contributed by atoms with Crippen molar-refractivity contribution in [1.29, 1.82) is 0 Å². The summed E-state index contributed by atoms with van der Waals surface area (Å²) in [6, 6.07) is 6.61. The number of alkyl halides is 2. The van der Waals surface area contributed by atoms with Crippen molar-refractivity contribution >= 4 is 0 Å². The SMILES string of the molecule is CCC(C)(CC)NCc1cccc(C(F)F)c1. The molecule has 0 saturated heterocycles. The Balaban J connectivity index is 2.66. The molecule has 0 bridgehead atoms. The van der Waals surface area contributed by atoms with E-state index in [4.69, 9.17) is 0 Å². The Labute approximate surface area is 102 Å². The third-order valence-corrected chi connectivity index (χ3v) is 3.48. The summed E-state index contributed by atoms with van der Waals surface area (Å²) in [4.78, 5) is 0. The molecule has 0 radical (unpaired) electrons. The topological polar surface area (TPSA) is 12.0 Å². The Bertz CT molecular complexity index is 346. The van der Waals surface area contributed by atoms with Gasteiger partial charge in [0, 0.05) is 17.6 Å². The smallest absolute Gasteiger partial charge is 0.263 e. The van der Waals surface area contributed by atoms with Crippen LogP contribution < -0.4 is 5.32 Å². The number of hydrogen-bond acceptors (Lipinski definition) is 1. The van der Waals surface area contributed by atoms with Crippen LogP contribution in [0.1, 0.15) is 51.2 Å². The molecule has 96 valence electrons. The second kappa shape index (κ2) is 6.10. The molecule has 0 spiro atoms. The second-order valence-electron chi connectivity index (χ2n) is 4.67. The largest absolute Gasteiger partial charge is 0.307 e. The summed E-state index contributed by atoms with van der Waals surface area (Å²) >= 11 is 0. The van der Waals surface area contributed by atoms with E-state index in [0.717, 1.165) is 18.4 Å². The molecule has 0 unspecified atom stereocenters. The Morgan fingerprint density at radius 3 is 2.41 bits per heavy atom. The van der Waals surface area contributed by atoms with E-state index in [1.54, 1.807) is 12.1 Å². The lowest BCUT2D eigenvalue weighted by Gasteiger charge is -2.28. The van der Waals surface area contributed by atoms with E-state index in [9.17, 15) is 8.78 Å². The van der Waals surface area contributed by atoms with E-state index in [-0.39, 0.29) is 11.1 Å². The molecule has 0 amide bonds. The Hall–Kier alpha value is -0.960. The molecule has 1 aromatic carbocycles. The Kier molecular flexibility index (Phi) is 5.06. The van der Waals surface area contributed by atoms with Crippen molar-refractivity contribution in [2.75, 3.05) is 0 Å². The molecule has 0 aliphatic carbocycles. The summed E-state index contributed by atoms with van der Waals surface area (Å²) in [6.45, 7) is 7.06. The van der Waals surface area contributed by atoms with Crippen molar-refractivity contribution in [1.82, 2.24) is 5.32 Å². The lowest BCUT2D eigenvalue weighted by Crippen LogP contribution is -2.40. The quantitative estimate of drug-likeness (QED) is 0.783. The molecular formula is C14H21F2N. The highest BCUT2D eigenvalue weighted by molar-refractivity contribution is 5.24. The van der Waals surface area contributed by atoms with E-state index < -0.39 is 6.43 Å². The van der Waals surface area contributed by atoms with Gasteiger partial charge in [0.1, 0.15) is 0 Å². The summed E-state index contributed by atoms with van der Waals surface area (Å²) in [7, 11) is 0. The van der Waals surface area contributed by atoms with Crippen molar-refractivity contribution in [2.45, 2.75) is 52.1 Å². The molecule has 0 fully saturated rings. The fraction of sp³-hybridized carbons (Fsp3) is 0.571. The molecule has 0 atom stereocenters. The van der Waals surface area contributed by atoms with Gasteiger partial charge in [-0.25, -0.2) is 8.78 Å². The van der Waals surface area contributed by atoms with Crippen LogP contribution in [0.5, 0.6) is 0 Å². The van der Waals surface area contributed by atoms with Gasteiger partial charge in [0.25, 0.3) is 6.43 Å². The van der Waals surface area contributed by atoms with Gasteiger partial charge in [0.2, 0.25) is 0 Å². The molecule has 0 saturated carbocycles. The number of hydrogen-bond donors (Lipinski definition) is 1. The molecule has 0 aliphatic rings. The van der Waals surface area contributed by atoms with Crippen LogP contribution >= 0.6 is 0 Å². The van der Waals surface area contributed by atoms with Gasteiger partial charge in [0.15, 0.2) is 0 Å². The van der Waals surface area contributed by atoms with Crippen LogP contribution in [0.25, 0.3) is 0 Å². The van der Waals surface area contributed by atoms with Crippen LogP contribution in [-0.4, -0.2) is 5.54 Å². The molecule has 17 heavy (non-hydrogen) atoms. The fourth-order valence-electron chi connectivity index (χ4n) is 1.65. The maximum atomic E-state index is 12.5. The molecule has 1 rings (SSSR count). The predicted octanol–water partition coefficient (Wildman–Crippen LogP) is 4.29. The summed E-state index contributed by atoms with van der Waals surface area (Å²) in [6.07, 6.45) is -0.338. The number of nitrogens with one attached hydrogen (secondary N) is 1. The van der Waals surface area contributed by atoms with Crippen LogP contribution in [0.4, 0.5) is 8.78 Å². The summed E-state index contributed by atoms with van der Waals surface area (Å²) < 4.78 is 25.1. The average molecular weight is 241 g/mol. The van der Waals surface area contributed by atoms with Gasteiger partial charge in [-0.2, -0.15) is 0 Å². The zero-order chi connectivity index (χ0) is 12.9. The lowest BCUT2D eigenvalue weighted by molar-refractivity contribution is 0.151. The molecule has 1 N–H and O–H groups in total. The third kappa shape index (κ3) is 4.08. The van der Waals surface area contributed by atoms with Crippen LogP contribution in [0, 0.1) is 0 Å². The molecular weight excluding hydrogens is 220 g/mol. The minimum absolute atomic E-state index is 0.0842. The predicted molar refractivity (Wildman–Crippen MR) is 67.2 cm³/mol. The molecule has 1 aromatic rings. The lowest BCUT2D eigenvalue weighted by atomic mass is 9.95. The molecule has 3 heteroatoms. The van der Waals surface area contributed by atoms with Crippen molar-refractivity contribution in [3.63, 3.8) is 0 Å². The zero-order valence-corrected chi connectivity index (χ0v) is 10.8. The standard InChI is InChI=1S/C14H21F2N/c1-4-14(3,5-2)17-10-11-7-6-8-12(9-11)13(15)16/h6-9,13,17H,4-5,10H2,1-3H3. The first-order chi connectivity index (χ1) is 8.00. The van der Waals surface area contributed by atoms with E-state index in [1.807, 2.05) is 6.07 Å². The highest BCUT2D eigenvalue weighted by atomic mass is 19.3. The maximum absolute atomic E-state index is 12.5. The average Bonchev–Trinajstić information content (AvgIpc) is 2.36. The van der Waals surface area contributed by atoms with Crippen molar-refractivity contribution in [3.05, 3.63) is 35.4 Å². The first kappa shape index (κ1) is 14.1. The fourth-order valence-corrected chi connectivity index (χ4v) is 1.65. The monoisotopic (exact) mass is 241 g/mol. The first-order valence-corrected chi connectivity index (χ1v) is 6.12. The summed E-state index contributed by atoms with van der Waals surface area (Å²) in [5.41, 5.74) is 1.09. The van der Waals surface area contributed by atoms with E-state index in [0.29, 0.717) is 6.54 Å². The van der Waals surface area contributed by atoms with Crippen LogP contribution in [0.15, 0.2) is 24.3 Å². The van der Waals surface area contributed by atoms with Crippen molar-refractivity contribution in [2.24, 2.45) is 0 Å². The van der Waals surface area contributed by atoms with Gasteiger partial charge in [0.05, 0.1) is 0 Å². The van der Waals surface area contributed by atoms with Gasteiger partial charge in [-0.15, -0.1) is 0 Å². The van der Waals surface area contributed by atoms with Gasteiger partial charge >= 0.3 is 0 Å².